The molecule has 2 rings (SSSR count). The van der Waals surface area contributed by atoms with Crippen LogP contribution in [0.3, 0.4) is 0 Å². The molecule has 122 valence electrons. The maximum atomic E-state index is 12.2. The van der Waals surface area contributed by atoms with Gasteiger partial charge in [0.15, 0.2) is 0 Å². The van der Waals surface area contributed by atoms with E-state index in [-0.39, 0.29) is 5.91 Å². The van der Waals surface area contributed by atoms with Crippen molar-refractivity contribution in [2.75, 3.05) is 18.2 Å². The summed E-state index contributed by atoms with van der Waals surface area (Å²) in [5, 5.41) is 3.49. The van der Waals surface area contributed by atoms with Crippen LogP contribution in [0.4, 0.5) is 5.69 Å². The third-order valence-corrected chi connectivity index (χ3v) is 5.33. The van der Waals surface area contributed by atoms with Gasteiger partial charge in [0.25, 0.3) is 0 Å². The van der Waals surface area contributed by atoms with Crippen molar-refractivity contribution in [2.24, 2.45) is 0 Å². The van der Waals surface area contributed by atoms with E-state index in [1.54, 1.807) is 13.2 Å². The first-order valence-electron chi connectivity index (χ1n) is 6.93. The number of carbonyl (C=O) groups is 1. The van der Waals surface area contributed by atoms with Gasteiger partial charge in [-0.2, -0.15) is 0 Å². The van der Waals surface area contributed by atoms with E-state index in [0.717, 1.165) is 20.5 Å². The second-order valence-corrected chi connectivity index (χ2v) is 7.39. The second kappa shape index (κ2) is 8.08. The highest BCUT2D eigenvalue weighted by molar-refractivity contribution is 9.10. The van der Waals surface area contributed by atoms with Crippen molar-refractivity contribution in [3.05, 3.63) is 51.0 Å². The molecular weight excluding hydrogens is 398 g/mol. The Hall–Kier alpha value is -1.17. The topological polar surface area (TPSA) is 38.3 Å². The van der Waals surface area contributed by atoms with Gasteiger partial charge in [0, 0.05) is 20.5 Å². The zero-order chi connectivity index (χ0) is 17.0. The van der Waals surface area contributed by atoms with Gasteiger partial charge in [-0.25, -0.2) is 0 Å². The smallest absolute Gasteiger partial charge is 0.234 e. The molecule has 0 aliphatic carbocycles. The Bertz CT molecular complexity index is 737. The fourth-order valence-corrected chi connectivity index (χ4v) is 3.47. The molecule has 0 spiro atoms. The van der Waals surface area contributed by atoms with E-state index in [9.17, 15) is 4.79 Å². The molecule has 0 unspecified atom stereocenters. The molecule has 6 heteroatoms. The number of benzene rings is 2. The molecule has 23 heavy (non-hydrogen) atoms. The van der Waals surface area contributed by atoms with E-state index in [2.05, 4.69) is 21.2 Å². The summed E-state index contributed by atoms with van der Waals surface area (Å²) < 4.78 is 6.30. The van der Waals surface area contributed by atoms with Crippen LogP contribution < -0.4 is 10.1 Å². The van der Waals surface area contributed by atoms with Crippen molar-refractivity contribution >= 4 is 50.9 Å². The number of nitrogens with one attached hydrogen (secondary N) is 1. The van der Waals surface area contributed by atoms with Crippen molar-refractivity contribution in [3.8, 4) is 5.75 Å². The summed E-state index contributed by atoms with van der Waals surface area (Å²) in [4.78, 5) is 13.3. The summed E-state index contributed by atoms with van der Waals surface area (Å²) >= 11 is 11.0. The predicted molar refractivity (Wildman–Crippen MR) is 101 cm³/mol. The van der Waals surface area contributed by atoms with Crippen molar-refractivity contribution in [1.29, 1.82) is 0 Å². The lowest BCUT2D eigenvalue weighted by atomic mass is 10.2. The van der Waals surface area contributed by atoms with Gasteiger partial charge < -0.3 is 10.1 Å². The van der Waals surface area contributed by atoms with E-state index in [1.165, 1.54) is 11.8 Å². The number of amides is 1. The molecule has 0 aromatic heterocycles. The number of aryl methyl sites for hydroxylation is 2. The number of hydrogen-bond acceptors (Lipinski definition) is 3. The Balaban J connectivity index is 2.04. The van der Waals surface area contributed by atoms with Crippen molar-refractivity contribution in [1.82, 2.24) is 0 Å². The lowest BCUT2D eigenvalue weighted by Crippen LogP contribution is -2.15. The van der Waals surface area contributed by atoms with Gasteiger partial charge in [-0.15, -0.1) is 11.8 Å². The van der Waals surface area contributed by atoms with Crippen molar-refractivity contribution < 1.29 is 9.53 Å². The van der Waals surface area contributed by atoms with Crippen LogP contribution in [0.25, 0.3) is 0 Å². The van der Waals surface area contributed by atoms with Crippen molar-refractivity contribution in [3.63, 3.8) is 0 Å². The molecule has 2 aromatic rings. The highest BCUT2D eigenvalue weighted by Crippen LogP contribution is 2.31. The van der Waals surface area contributed by atoms with E-state index in [4.69, 9.17) is 16.3 Å². The van der Waals surface area contributed by atoms with Gasteiger partial charge in [-0.1, -0.05) is 27.5 Å². The molecule has 3 nitrogen and oxygen atoms in total. The van der Waals surface area contributed by atoms with Crippen LogP contribution in [0.5, 0.6) is 5.75 Å². The average molecular weight is 415 g/mol. The van der Waals surface area contributed by atoms with Gasteiger partial charge in [-0.05, 0) is 49.2 Å². The lowest BCUT2D eigenvalue weighted by molar-refractivity contribution is -0.113. The van der Waals surface area contributed by atoms with Gasteiger partial charge >= 0.3 is 0 Å². The monoisotopic (exact) mass is 413 g/mol. The second-order valence-electron chi connectivity index (χ2n) is 5.05. The van der Waals surface area contributed by atoms with E-state index in [0.29, 0.717) is 22.2 Å². The van der Waals surface area contributed by atoms with E-state index in [1.807, 2.05) is 38.1 Å². The first kappa shape index (κ1) is 18.2. The summed E-state index contributed by atoms with van der Waals surface area (Å²) in [5.74, 6) is 0.795. The fourth-order valence-electron chi connectivity index (χ4n) is 2.03. The first-order valence-corrected chi connectivity index (χ1v) is 9.09. The summed E-state index contributed by atoms with van der Waals surface area (Å²) in [6, 6.07) is 9.53. The van der Waals surface area contributed by atoms with Crippen LogP contribution in [0, 0.1) is 13.8 Å². The highest BCUT2D eigenvalue weighted by Gasteiger charge is 2.11. The molecule has 1 N–H and O–H groups in total. The maximum absolute atomic E-state index is 12.2. The summed E-state index contributed by atoms with van der Waals surface area (Å²) in [5.41, 5.74) is 2.66. The van der Waals surface area contributed by atoms with E-state index >= 15 is 0 Å². The van der Waals surface area contributed by atoms with E-state index < -0.39 is 0 Å². The Morgan fingerprint density at radius 2 is 2.00 bits per heavy atom. The first-order chi connectivity index (χ1) is 10.9. The third kappa shape index (κ3) is 4.90. The number of methoxy groups -OCH3 is 1. The van der Waals surface area contributed by atoms with Gasteiger partial charge in [0.2, 0.25) is 5.91 Å². The van der Waals surface area contributed by atoms with Gasteiger partial charge in [0.05, 0.1) is 18.6 Å². The molecule has 0 saturated carbocycles. The Labute approximate surface area is 153 Å². The van der Waals surface area contributed by atoms with Crippen LogP contribution in [0.1, 0.15) is 11.1 Å². The molecular formula is C17H17BrClNO2S. The molecule has 0 saturated heterocycles. The normalized spacial score (nSPS) is 10.5. The number of ether oxygens (including phenoxy) is 1. The van der Waals surface area contributed by atoms with Crippen LogP contribution in [-0.4, -0.2) is 18.8 Å². The summed E-state index contributed by atoms with van der Waals surface area (Å²) in [6.07, 6.45) is 0. The number of halogens is 2. The maximum Gasteiger partial charge on any atom is 0.234 e. The molecule has 1 amide bonds. The highest BCUT2D eigenvalue weighted by atomic mass is 79.9. The van der Waals surface area contributed by atoms with Gasteiger partial charge in [0.1, 0.15) is 5.75 Å². The van der Waals surface area contributed by atoms with Crippen LogP contribution in [0.2, 0.25) is 5.02 Å². The predicted octanol–water partition coefficient (Wildman–Crippen LogP) is 5.46. The minimum atomic E-state index is -0.0858. The number of thioether (sulfide) groups is 1. The molecule has 0 aliphatic heterocycles. The van der Waals surface area contributed by atoms with Crippen molar-refractivity contribution in [2.45, 2.75) is 18.7 Å². The molecule has 0 aliphatic rings. The minimum absolute atomic E-state index is 0.0858. The minimum Gasteiger partial charge on any atom is -0.495 e. The number of hydrogen-bond donors (Lipinski definition) is 1. The zero-order valence-electron chi connectivity index (χ0n) is 13.1. The summed E-state index contributed by atoms with van der Waals surface area (Å²) in [7, 11) is 1.55. The molecule has 0 fully saturated rings. The summed E-state index contributed by atoms with van der Waals surface area (Å²) in [6.45, 7) is 3.91. The Kier molecular flexibility index (Phi) is 6.39. The number of carbonyl (C=O) groups excluding carboxylic acids is 1. The number of rotatable bonds is 5. The molecule has 2 aromatic carbocycles. The lowest BCUT2D eigenvalue weighted by Gasteiger charge is -2.12. The third-order valence-electron chi connectivity index (χ3n) is 3.25. The zero-order valence-corrected chi connectivity index (χ0v) is 16.2. The average Bonchev–Trinajstić information content (AvgIpc) is 2.49. The molecule has 0 heterocycles. The SMILES string of the molecule is COc1cc(Cl)c(C)cc1NC(=O)CSc1ccc(Br)cc1C. The Morgan fingerprint density at radius 3 is 2.65 bits per heavy atom. The molecule has 0 bridgehead atoms. The quantitative estimate of drug-likeness (QED) is 0.660. The largest absolute Gasteiger partial charge is 0.495 e. The van der Waals surface area contributed by atoms with Crippen LogP contribution in [0.15, 0.2) is 39.7 Å². The fraction of sp³-hybridized carbons (Fsp3) is 0.235. The molecule has 0 radical (unpaired) electrons. The van der Waals surface area contributed by atoms with Crippen LogP contribution in [-0.2, 0) is 4.79 Å². The standard InChI is InChI=1S/C17H17BrClNO2S/c1-10-7-14(15(22-3)8-13(10)19)20-17(21)9-23-16-5-4-12(18)6-11(16)2/h4-8H,9H2,1-3H3,(H,20,21). The van der Waals surface area contributed by atoms with Gasteiger partial charge in [-0.3, -0.25) is 4.79 Å². The van der Waals surface area contributed by atoms with Crippen LogP contribution >= 0.6 is 39.3 Å². The molecule has 0 atom stereocenters. The number of anilines is 1. The Morgan fingerprint density at radius 1 is 1.26 bits per heavy atom.